The van der Waals surface area contributed by atoms with E-state index in [4.69, 9.17) is 9.47 Å². The van der Waals surface area contributed by atoms with E-state index in [1.165, 1.54) is 10.5 Å². The third kappa shape index (κ3) is 5.97. The summed E-state index contributed by atoms with van der Waals surface area (Å²) in [6, 6.07) is 22.2. The summed E-state index contributed by atoms with van der Waals surface area (Å²) in [4.78, 5) is 27.8. The molecule has 1 aliphatic heterocycles. The third-order valence-electron chi connectivity index (χ3n) is 6.82. The highest BCUT2D eigenvalue weighted by Crippen LogP contribution is 2.40. The molecule has 1 saturated heterocycles. The molecular weight excluding hydrogens is 478 g/mol. The van der Waals surface area contributed by atoms with E-state index < -0.39 is 17.7 Å². The average Bonchev–Trinajstić information content (AvgIpc) is 3.17. The molecule has 1 atom stereocenters. The zero-order valence-electron chi connectivity index (χ0n) is 22.4. The van der Waals surface area contributed by atoms with Crippen molar-refractivity contribution >= 4 is 17.4 Å². The number of aliphatic hydroxyl groups is 1. The van der Waals surface area contributed by atoms with Crippen molar-refractivity contribution in [2.24, 2.45) is 0 Å². The zero-order valence-corrected chi connectivity index (χ0v) is 22.4. The minimum absolute atomic E-state index is 0.0955. The van der Waals surface area contributed by atoms with Crippen molar-refractivity contribution in [3.8, 4) is 5.75 Å². The smallest absolute Gasteiger partial charge is 0.295 e. The number of methoxy groups -OCH3 is 1. The molecule has 38 heavy (non-hydrogen) atoms. The van der Waals surface area contributed by atoms with Gasteiger partial charge in [0.05, 0.1) is 11.6 Å². The van der Waals surface area contributed by atoms with Crippen LogP contribution in [0.1, 0.15) is 60.0 Å². The Labute approximate surface area is 224 Å². The highest BCUT2D eigenvalue weighted by atomic mass is 16.5. The number of nitrogens with zero attached hydrogens (tertiary/aromatic N) is 1. The molecule has 0 spiro atoms. The molecule has 0 unspecified atom stereocenters. The molecular formula is C32H35NO5. The standard InChI is InChI=1S/C32H35NO5/c1-21(2)24-9-11-25(12-10-24)29-28(31(35)32(36)33(29)17-6-18-37-4)30(34)26-13-15-27(16-14-26)38-20-23-8-5-7-22(3)19-23/h5,7-16,19,21,29,34H,6,17-18,20H2,1-4H3/b30-28+/t29-/m1/s1. The average molecular weight is 514 g/mol. The number of carbonyl (C=O) groups excluding carboxylic acids is 2. The fraction of sp³-hybridized carbons (Fsp3) is 0.312. The number of ether oxygens (including phenoxy) is 2. The molecule has 0 aliphatic carbocycles. The van der Waals surface area contributed by atoms with Gasteiger partial charge in [0.15, 0.2) is 0 Å². The maximum absolute atomic E-state index is 13.2. The number of hydrogen-bond donors (Lipinski definition) is 1. The molecule has 6 heteroatoms. The number of aliphatic hydroxyl groups excluding tert-OH is 1. The zero-order chi connectivity index (χ0) is 27.2. The first kappa shape index (κ1) is 27.1. The molecule has 3 aromatic rings. The molecule has 1 fully saturated rings. The van der Waals surface area contributed by atoms with Crippen LogP contribution in [-0.4, -0.2) is 42.0 Å². The molecule has 1 heterocycles. The SMILES string of the molecule is COCCCN1C(=O)C(=O)/C(=C(/O)c2ccc(OCc3cccc(C)c3)cc2)[C@H]1c1ccc(C(C)C)cc1. The van der Waals surface area contributed by atoms with E-state index in [1.807, 2.05) is 49.4 Å². The lowest BCUT2D eigenvalue weighted by atomic mass is 9.93. The van der Waals surface area contributed by atoms with Crippen LogP contribution >= 0.6 is 0 Å². The number of amides is 1. The van der Waals surface area contributed by atoms with Gasteiger partial charge in [0.25, 0.3) is 11.7 Å². The fourth-order valence-electron chi connectivity index (χ4n) is 4.73. The summed E-state index contributed by atoms with van der Waals surface area (Å²) in [6.45, 7) is 7.49. The summed E-state index contributed by atoms with van der Waals surface area (Å²) in [6.07, 6.45) is 0.580. The Hall–Kier alpha value is -3.90. The monoisotopic (exact) mass is 513 g/mol. The van der Waals surface area contributed by atoms with Gasteiger partial charge in [-0.1, -0.05) is 67.9 Å². The number of aryl methyl sites for hydroxylation is 1. The Morgan fingerprint density at radius 3 is 2.34 bits per heavy atom. The molecule has 0 saturated carbocycles. The van der Waals surface area contributed by atoms with E-state index in [0.29, 0.717) is 43.4 Å². The first-order chi connectivity index (χ1) is 18.3. The number of ketones is 1. The van der Waals surface area contributed by atoms with Crippen molar-refractivity contribution < 1.29 is 24.2 Å². The Balaban J connectivity index is 1.64. The number of rotatable bonds is 10. The van der Waals surface area contributed by atoms with Crippen LogP contribution < -0.4 is 4.74 Å². The lowest BCUT2D eigenvalue weighted by molar-refractivity contribution is -0.140. The topological polar surface area (TPSA) is 76.1 Å². The van der Waals surface area contributed by atoms with Crippen LogP contribution in [0.15, 0.2) is 78.4 Å². The van der Waals surface area contributed by atoms with E-state index in [2.05, 4.69) is 19.9 Å². The summed E-state index contributed by atoms with van der Waals surface area (Å²) in [7, 11) is 1.60. The van der Waals surface area contributed by atoms with E-state index in [1.54, 1.807) is 31.4 Å². The van der Waals surface area contributed by atoms with Gasteiger partial charge in [-0.15, -0.1) is 0 Å². The van der Waals surface area contributed by atoms with Gasteiger partial charge in [-0.05, 0) is 60.2 Å². The van der Waals surface area contributed by atoms with Crippen LogP contribution in [0.2, 0.25) is 0 Å². The minimum atomic E-state index is -0.683. The molecule has 1 amide bonds. The van der Waals surface area contributed by atoms with Crippen LogP contribution in [-0.2, 0) is 20.9 Å². The summed E-state index contributed by atoms with van der Waals surface area (Å²) >= 11 is 0. The minimum Gasteiger partial charge on any atom is -0.507 e. The van der Waals surface area contributed by atoms with E-state index in [-0.39, 0.29) is 11.3 Å². The molecule has 0 bridgehead atoms. The van der Waals surface area contributed by atoms with Gasteiger partial charge in [-0.25, -0.2) is 0 Å². The first-order valence-corrected chi connectivity index (χ1v) is 13.0. The van der Waals surface area contributed by atoms with Crippen LogP contribution in [0, 0.1) is 6.92 Å². The Morgan fingerprint density at radius 1 is 1.00 bits per heavy atom. The number of benzene rings is 3. The van der Waals surface area contributed by atoms with Gasteiger partial charge in [-0.2, -0.15) is 0 Å². The van der Waals surface area contributed by atoms with Crippen molar-refractivity contribution in [2.45, 2.75) is 45.8 Å². The summed E-state index contributed by atoms with van der Waals surface area (Å²) in [5.74, 6) is -0.496. The first-order valence-electron chi connectivity index (χ1n) is 13.0. The molecule has 4 rings (SSSR count). The number of Topliss-reactive ketones (excluding diaryl/α,β-unsaturated/α-hetero) is 1. The predicted molar refractivity (Wildman–Crippen MR) is 148 cm³/mol. The van der Waals surface area contributed by atoms with Crippen molar-refractivity contribution in [2.75, 3.05) is 20.3 Å². The lowest BCUT2D eigenvalue weighted by Gasteiger charge is -2.25. The molecule has 6 nitrogen and oxygen atoms in total. The van der Waals surface area contributed by atoms with E-state index >= 15 is 0 Å². The van der Waals surface area contributed by atoms with Crippen LogP contribution in [0.25, 0.3) is 5.76 Å². The Kier molecular flexibility index (Phi) is 8.64. The number of carbonyl (C=O) groups is 2. The number of hydrogen-bond acceptors (Lipinski definition) is 5. The molecule has 1 aliphatic rings. The van der Waals surface area contributed by atoms with E-state index in [9.17, 15) is 14.7 Å². The van der Waals surface area contributed by atoms with Crippen LogP contribution in [0.5, 0.6) is 5.75 Å². The lowest BCUT2D eigenvalue weighted by Crippen LogP contribution is -2.31. The largest absolute Gasteiger partial charge is 0.507 e. The highest BCUT2D eigenvalue weighted by molar-refractivity contribution is 6.46. The van der Waals surface area contributed by atoms with Crippen LogP contribution in [0.3, 0.4) is 0 Å². The second kappa shape index (κ2) is 12.1. The van der Waals surface area contributed by atoms with Crippen molar-refractivity contribution in [3.05, 3.63) is 106 Å². The third-order valence-corrected chi connectivity index (χ3v) is 6.82. The van der Waals surface area contributed by atoms with Crippen LogP contribution in [0.4, 0.5) is 0 Å². The van der Waals surface area contributed by atoms with Crippen molar-refractivity contribution in [3.63, 3.8) is 0 Å². The van der Waals surface area contributed by atoms with Gasteiger partial charge < -0.3 is 19.5 Å². The molecule has 1 N–H and O–H groups in total. The maximum atomic E-state index is 13.2. The molecule has 3 aromatic carbocycles. The normalized spacial score (nSPS) is 16.9. The van der Waals surface area contributed by atoms with Gasteiger partial charge in [0.2, 0.25) is 0 Å². The Morgan fingerprint density at radius 2 is 1.71 bits per heavy atom. The van der Waals surface area contributed by atoms with Gasteiger partial charge in [0.1, 0.15) is 18.1 Å². The predicted octanol–water partition coefficient (Wildman–Crippen LogP) is 6.16. The summed E-state index contributed by atoms with van der Waals surface area (Å²) in [5.41, 5.74) is 4.72. The van der Waals surface area contributed by atoms with Gasteiger partial charge in [-0.3, -0.25) is 9.59 Å². The summed E-state index contributed by atoms with van der Waals surface area (Å²) < 4.78 is 11.1. The van der Waals surface area contributed by atoms with Gasteiger partial charge in [0, 0.05) is 25.8 Å². The highest BCUT2D eigenvalue weighted by Gasteiger charge is 2.45. The van der Waals surface area contributed by atoms with Crippen molar-refractivity contribution in [1.29, 1.82) is 0 Å². The van der Waals surface area contributed by atoms with E-state index in [0.717, 1.165) is 16.7 Å². The Bertz CT molecular complexity index is 1310. The molecule has 0 aromatic heterocycles. The summed E-state index contributed by atoms with van der Waals surface area (Å²) in [5, 5.41) is 11.3. The molecule has 198 valence electrons. The molecule has 0 radical (unpaired) electrons. The second-order valence-corrected chi connectivity index (χ2v) is 9.96. The second-order valence-electron chi connectivity index (χ2n) is 9.96. The number of likely N-dealkylation sites (tertiary alicyclic amines) is 1. The van der Waals surface area contributed by atoms with Crippen molar-refractivity contribution in [1.82, 2.24) is 4.90 Å². The fourth-order valence-corrected chi connectivity index (χ4v) is 4.73. The maximum Gasteiger partial charge on any atom is 0.295 e. The quantitative estimate of drug-likeness (QED) is 0.152. The van der Waals surface area contributed by atoms with Gasteiger partial charge >= 0.3 is 0 Å².